The fourth-order valence-electron chi connectivity index (χ4n) is 2.83. The Kier molecular flexibility index (Phi) is 4.58. The minimum absolute atomic E-state index is 0.0972. The van der Waals surface area contributed by atoms with Gasteiger partial charge in [-0.05, 0) is 18.9 Å². The van der Waals surface area contributed by atoms with E-state index in [9.17, 15) is 14.7 Å². The highest BCUT2D eigenvalue weighted by atomic mass is 35.5. The molecule has 1 amide bonds. The molecule has 1 aromatic heterocycles. The van der Waals surface area contributed by atoms with Crippen LogP contribution < -0.4 is 0 Å². The van der Waals surface area contributed by atoms with Crippen LogP contribution in [0, 0.1) is 5.41 Å². The van der Waals surface area contributed by atoms with Crippen molar-refractivity contribution >= 4 is 23.5 Å². The summed E-state index contributed by atoms with van der Waals surface area (Å²) in [4.78, 5) is 25.7. The van der Waals surface area contributed by atoms with Crippen LogP contribution in [0.15, 0.2) is 12.3 Å². The van der Waals surface area contributed by atoms with Crippen molar-refractivity contribution < 1.29 is 19.4 Å². The van der Waals surface area contributed by atoms with Crippen molar-refractivity contribution in [3.8, 4) is 0 Å². The minimum atomic E-state index is -1.03. The number of carboxylic acid groups (broad SMARTS) is 1. The summed E-state index contributed by atoms with van der Waals surface area (Å²) in [6.07, 6.45) is 2.80. The molecule has 0 radical (unpaired) electrons. The van der Waals surface area contributed by atoms with Crippen molar-refractivity contribution in [2.45, 2.75) is 12.8 Å². The Bertz CT molecular complexity index is 553. The van der Waals surface area contributed by atoms with Crippen LogP contribution >= 0.6 is 11.6 Å². The second-order valence-electron chi connectivity index (χ2n) is 5.50. The highest BCUT2D eigenvalue weighted by molar-refractivity contribution is 6.31. The Labute approximate surface area is 128 Å². The number of amides is 1. The Morgan fingerprint density at radius 1 is 1.52 bits per heavy atom. The molecule has 1 aliphatic heterocycles. The largest absolute Gasteiger partial charge is 0.481 e. The van der Waals surface area contributed by atoms with Gasteiger partial charge >= 0.3 is 5.97 Å². The van der Waals surface area contributed by atoms with Gasteiger partial charge in [-0.15, -0.1) is 0 Å². The van der Waals surface area contributed by atoms with Crippen molar-refractivity contribution in [1.82, 2.24) is 9.47 Å². The third-order valence-electron chi connectivity index (χ3n) is 3.93. The van der Waals surface area contributed by atoms with Gasteiger partial charge in [0.05, 0.1) is 11.6 Å². The summed E-state index contributed by atoms with van der Waals surface area (Å²) in [5.74, 6) is -1.13. The number of carboxylic acids is 1. The lowest BCUT2D eigenvalue weighted by Gasteiger charge is -2.39. The van der Waals surface area contributed by atoms with Gasteiger partial charge in [0.25, 0.3) is 5.91 Å². The molecule has 2 rings (SSSR count). The zero-order valence-electron chi connectivity index (χ0n) is 12.1. The van der Waals surface area contributed by atoms with Crippen LogP contribution in [-0.4, -0.2) is 53.3 Å². The highest BCUT2D eigenvalue weighted by Crippen LogP contribution is 2.31. The molecule has 1 atom stereocenters. The van der Waals surface area contributed by atoms with Crippen molar-refractivity contribution in [3.63, 3.8) is 0 Å². The summed E-state index contributed by atoms with van der Waals surface area (Å²) < 4.78 is 6.71. The van der Waals surface area contributed by atoms with Crippen LogP contribution in [0.25, 0.3) is 0 Å². The fraction of sp³-hybridized carbons (Fsp3) is 0.571. The minimum Gasteiger partial charge on any atom is -0.481 e. The number of rotatable bonds is 4. The third-order valence-corrected chi connectivity index (χ3v) is 4.14. The summed E-state index contributed by atoms with van der Waals surface area (Å²) in [5, 5.41) is 9.99. The Morgan fingerprint density at radius 2 is 2.24 bits per heavy atom. The van der Waals surface area contributed by atoms with Crippen molar-refractivity contribution in [2.75, 3.05) is 26.8 Å². The molecule has 0 aromatic carbocycles. The average Bonchev–Trinajstić information content (AvgIpc) is 2.77. The molecule has 0 saturated carbocycles. The predicted octanol–water partition coefficient (Wildman–Crippen LogP) is 1.63. The number of hydrogen-bond donors (Lipinski definition) is 1. The van der Waals surface area contributed by atoms with Crippen LogP contribution in [-0.2, 0) is 16.6 Å². The number of aryl methyl sites for hydroxylation is 1. The van der Waals surface area contributed by atoms with E-state index in [0.717, 1.165) is 0 Å². The van der Waals surface area contributed by atoms with Gasteiger partial charge in [0.1, 0.15) is 11.1 Å². The van der Waals surface area contributed by atoms with Gasteiger partial charge in [0, 0.05) is 33.4 Å². The molecule has 0 spiro atoms. The molecule has 1 unspecified atom stereocenters. The number of piperidine rings is 1. The Balaban J connectivity index is 2.22. The lowest BCUT2D eigenvalue weighted by atomic mass is 9.80. The third kappa shape index (κ3) is 3.06. The first-order valence-corrected chi connectivity index (χ1v) is 7.11. The lowest BCUT2D eigenvalue weighted by Crippen LogP contribution is -2.52. The van der Waals surface area contributed by atoms with Gasteiger partial charge < -0.3 is 19.3 Å². The van der Waals surface area contributed by atoms with Crippen LogP contribution in [0.1, 0.15) is 23.3 Å². The number of aliphatic carboxylic acids is 1. The van der Waals surface area contributed by atoms with E-state index in [1.807, 2.05) is 0 Å². The molecule has 1 fully saturated rings. The van der Waals surface area contributed by atoms with E-state index in [-0.39, 0.29) is 19.1 Å². The first-order chi connectivity index (χ1) is 9.89. The fourth-order valence-corrected chi connectivity index (χ4v) is 3.08. The number of likely N-dealkylation sites (tertiary alicyclic amines) is 1. The molecule has 1 N–H and O–H groups in total. The second-order valence-corrected chi connectivity index (χ2v) is 5.94. The molecule has 2 heterocycles. The topological polar surface area (TPSA) is 71.8 Å². The van der Waals surface area contributed by atoms with E-state index in [0.29, 0.717) is 30.1 Å². The predicted molar refractivity (Wildman–Crippen MR) is 77.5 cm³/mol. The van der Waals surface area contributed by atoms with E-state index in [1.165, 1.54) is 7.11 Å². The Morgan fingerprint density at radius 3 is 2.76 bits per heavy atom. The van der Waals surface area contributed by atoms with E-state index in [1.54, 1.807) is 28.8 Å². The molecular formula is C14H19ClN2O4. The molecule has 0 aliphatic carbocycles. The summed E-state index contributed by atoms with van der Waals surface area (Å²) in [7, 11) is 3.21. The van der Waals surface area contributed by atoms with Crippen molar-refractivity contribution in [2.24, 2.45) is 12.5 Å². The van der Waals surface area contributed by atoms with Crippen LogP contribution in [0.2, 0.25) is 5.02 Å². The van der Waals surface area contributed by atoms with Crippen molar-refractivity contribution in [1.29, 1.82) is 0 Å². The van der Waals surface area contributed by atoms with Crippen LogP contribution in [0.4, 0.5) is 0 Å². The molecule has 1 saturated heterocycles. The lowest BCUT2D eigenvalue weighted by molar-refractivity contribution is -0.155. The number of carbonyl (C=O) groups excluding carboxylic acids is 1. The number of halogens is 1. The molecular weight excluding hydrogens is 296 g/mol. The highest BCUT2D eigenvalue weighted by Gasteiger charge is 2.44. The summed E-state index contributed by atoms with van der Waals surface area (Å²) in [6.45, 7) is 0.790. The summed E-state index contributed by atoms with van der Waals surface area (Å²) in [6, 6.07) is 1.59. The van der Waals surface area contributed by atoms with Crippen molar-refractivity contribution in [3.05, 3.63) is 23.0 Å². The van der Waals surface area contributed by atoms with E-state index < -0.39 is 11.4 Å². The number of methoxy groups -OCH3 is 1. The second kappa shape index (κ2) is 6.07. The molecule has 116 valence electrons. The number of aromatic nitrogens is 1. The first kappa shape index (κ1) is 15.9. The summed E-state index contributed by atoms with van der Waals surface area (Å²) >= 11 is 5.90. The van der Waals surface area contributed by atoms with Gasteiger partial charge in [0.2, 0.25) is 0 Å². The Hall–Kier alpha value is -1.53. The maximum absolute atomic E-state index is 12.6. The molecule has 21 heavy (non-hydrogen) atoms. The van der Waals surface area contributed by atoms with E-state index in [2.05, 4.69) is 0 Å². The first-order valence-electron chi connectivity index (χ1n) is 6.73. The monoisotopic (exact) mass is 314 g/mol. The SMILES string of the molecule is COCC1(C(=O)O)CCCN(C(=O)c2cc(Cl)cn2C)C1. The summed E-state index contributed by atoms with van der Waals surface area (Å²) in [5.41, 5.74) is -0.573. The van der Waals surface area contributed by atoms with E-state index >= 15 is 0 Å². The zero-order chi connectivity index (χ0) is 15.6. The molecule has 0 bridgehead atoms. The normalized spacial score (nSPS) is 22.3. The van der Waals surface area contributed by atoms with Crippen LogP contribution in [0.3, 0.4) is 0 Å². The maximum atomic E-state index is 12.6. The quantitative estimate of drug-likeness (QED) is 0.917. The average molecular weight is 315 g/mol. The number of nitrogens with zero attached hydrogens (tertiary/aromatic N) is 2. The van der Waals surface area contributed by atoms with E-state index in [4.69, 9.17) is 16.3 Å². The maximum Gasteiger partial charge on any atom is 0.313 e. The van der Waals surface area contributed by atoms with Gasteiger partial charge in [-0.3, -0.25) is 9.59 Å². The molecule has 1 aliphatic rings. The number of ether oxygens (including phenoxy) is 1. The van der Waals surface area contributed by atoms with Crippen LogP contribution in [0.5, 0.6) is 0 Å². The standard InChI is InChI=1S/C14H19ClN2O4/c1-16-7-10(15)6-11(16)12(18)17-5-3-4-14(8-17,9-21-2)13(19)20/h6-7H,3-5,8-9H2,1-2H3,(H,19,20). The number of carbonyl (C=O) groups is 2. The van der Waals surface area contributed by atoms with Gasteiger partial charge in [-0.25, -0.2) is 0 Å². The number of hydrogen-bond acceptors (Lipinski definition) is 3. The smallest absolute Gasteiger partial charge is 0.313 e. The van der Waals surface area contributed by atoms with Gasteiger partial charge in [-0.1, -0.05) is 11.6 Å². The molecule has 6 nitrogen and oxygen atoms in total. The zero-order valence-corrected chi connectivity index (χ0v) is 12.9. The van der Waals surface area contributed by atoms with Gasteiger partial charge in [0.15, 0.2) is 0 Å². The molecule has 1 aromatic rings. The van der Waals surface area contributed by atoms with Gasteiger partial charge in [-0.2, -0.15) is 0 Å². The molecule has 7 heteroatoms.